The van der Waals surface area contributed by atoms with Crippen LogP contribution in [0.4, 0.5) is 4.39 Å². The van der Waals surface area contributed by atoms with Crippen LogP contribution in [0.1, 0.15) is 76.4 Å². The monoisotopic (exact) mass is 344 g/mol. The summed E-state index contributed by atoms with van der Waals surface area (Å²) < 4.78 is 13.8. The van der Waals surface area contributed by atoms with Crippen LogP contribution < -0.4 is 11.3 Å². The Kier molecular flexibility index (Phi) is 6.88. The van der Waals surface area contributed by atoms with Crippen molar-refractivity contribution in [2.45, 2.75) is 59.5 Å². The van der Waals surface area contributed by atoms with Crippen LogP contribution in [0.5, 0.6) is 0 Å². The van der Waals surface area contributed by atoms with Gasteiger partial charge in [-0.3, -0.25) is 15.8 Å². The van der Waals surface area contributed by atoms with Gasteiger partial charge in [0.15, 0.2) is 0 Å². The summed E-state index contributed by atoms with van der Waals surface area (Å²) in [5, 5.41) is 0. The molecule has 1 aliphatic carbocycles. The summed E-state index contributed by atoms with van der Waals surface area (Å²) in [5.74, 6) is 6.32. The van der Waals surface area contributed by atoms with E-state index in [4.69, 9.17) is 5.84 Å². The highest BCUT2D eigenvalue weighted by atomic mass is 19.1. The third-order valence-corrected chi connectivity index (χ3v) is 4.51. The second kappa shape index (κ2) is 8.90. The zero-order valence-electron chi connectivity index (χ0n) is 15.6. The number of rotatable bonds is 8. The summed E-state index contributed by atoms with van der Waals surface area (Å²) in [6.07, 6.45) is 8.46. The van der Waals surface area contributed by atoms with E-state index in [-0.39, 0.29) is 0 Å². The number of hydrazine groups is 1. The van der Waals surface area contributed by atoms with Gasteiger partial charge in [-0.15, -0.1) is 0 Å². The zero-order chi connectivity index (χ0) is 18.4. The fourth-order valence-corrected chi connectivity index (χ4v) is 2.72. The molecule has 0 spiro atoms. The van der Waals surface area contributed by atoms with Crippen molar-refractivity contribution in [1.29, 1.82) is 0 Å². The largest absolute Gasteiger partial charge is 0.322 e. The van der Waals surface area contributed by atoms with Gasteiger partial charge in [0.1, 0.15) is 6.17 Å². The van der Waals surface area contributed by atoms with Crippen molar-refractivity contribution in [1.82, 2.24) is 10.4 Å². The quantitative estimate of drug-likeness (QED) is 0.398. The van der Waals surface area contributed by atoms with Gasteiger partial charge in [0.05, 0.1) is 11.4 Å². The summed E-state index contributed by atoms with van der Waals surface area (Å²) in [6.45, 7) is 7.71. The number of nitrogens with one attached hydrogen (secondary N) is 1. The lowest BCUT2D eigenvalue weighted by Crippen LogP contribution is -2.21. The van der Waals surface area contributed by atoms with Crippen LogP contribution >= 0.6 is 0 Å². The molecule has 0 aromatic carbocycles. The maximum Gasteiger partial charge on any atom is 0.124 e. The van der Waals surface area contributed by atoms with Crippen LogP contribution in [-0.4, -0.2) is 10.7 Å². The fraction of sp³-hybridized carbons (Fsp3) is 0.500. The van der Waals surface area contributed by atoms with Crippen molar-refractivity contribution in [3.8, 4) is 0 Å². The molecule has 5 heteroatoms. The van der Waals surface area contributed by atoms with E-state index in [1.807, 2.05) is 25.3 Å². The number of hydrogen-bond acceptors (Lipinski definition) is 4. The average Bonchev–Trinajstić information content (AvgIpc) is 3.45. The van der Waals surface area contributed by atoms with Crippen molar-refractivity contribution in [3.05, 3.63) is 41.4 Å². The molecule has 1 heterocycles. The molecule has 1 fully saturated rings. The maximum absolute atomic E-state index is 13.8. The number of nitrogens with two attached hydrogens (primary N) is 1. The first-order valence-electron chi connectivity index (χ1n) is 9.06. The van der Waals surface area contributed by atoms with Crippen LogP contribution in [0.15, 0.2) is 29.5 Å². The first-order chi connectivity index (χ1) is 12.0. The van der Waals surface area contributed by atoms with E-state index in [0.717, 1.165) is 41.1 Å². The van der Waals surface area contributed by atoms with Crippen molar-refractivity contribution < 1.29 is 4.39 Å². The van der Waals surface area contributed by atoms with Crippen LogP contribution in [-0.2, 0) is 0 Å². The fourth-order valence-electron chi connectivity index (χ4n) is 2.72. The second-order valence-corrected chi connectivity index (χ2v) is 6.50. The minimum atomic E-state index is -1.07. The predicted octanol–water partition coefficient (Wildman–Crippen LogP) is 4.95. The molecule has 0 amide bonds. The normalized spacial score (nSPS) is 17.6. The molecule has 1 aromatic heterocycles. The van der Waals surface area contributed by atoms with E-state index in [0.29, 0.717) is 11.5 Å². The molecule has 0 aliphatic heterocycles. The third-order valence-electron chi connectivity index (χ3n) is 4.51. The SMILES string of the molecule is CC/C=C(\NN)c1ncc(C(C)F)cc1/C(=C/N=C(\C)C1CC1)CC. The van der Waals surface area contributed by atoms with Crippen molar-refractivity contribution in [2.24, 2.45) is 16.8 Å². The van der Waals surface area contributed by atoms with Gasteiger partial charge in [-0.2, -0.15) is 0 Å². The minimum absolute atomic E-state index is 0.564. The smallest absolute Gasteiger partial charge is 0.124 e. The van der Waals surface area contributed by atoms with E-state index in [1.54, 1.807) is 6.20 Å². The Morgan fingerprint density at radius 1 is 1.48 bits per heavy atom. The van der Waals surface area contributed by atoms with Gasteiger partial charge in [0.2, 0.25) is 0 Å². The zero-order valence-corrected chi connectivity index (χ0v) is 15.6. The first kappa shape index (κ1) is 19.3. The molecule has 136 valence electrons. The number of pyridine rings is 1. The Labute approximate surface area is 150 Å². The molecule has 0 bridgehead atoms. The molecule has 1 aromatic rings. The molecular weight excluding hydrogens is 315 g/mol. The number of hydrogen-bond donors (Lipinski definition) is 2. The van der Waals surface area contributed by atoms with Gasteiger partial charge >= 0.3 is 0 Å². The van der Waals surface area contributed by atoms with Crippen molar-refractivity contribution >= 4 is 17.0 Å². The first-order valence-corrected chi connectivity index (χ1v) is 9.06. The average molecular weight is 344 g/mol. The summed E-state index contributed by atoms with van der Waals surface area (Å²) in [7, 11) is 0. The van der Waals surface area contributed by atoms with Crippen LogP contribution in [0, 0.1) is 5.92 Å². The molecular formula is C20H29FN4. The molecule has 1 unspecified atom stereocenters. The molecule has 4 nitrogen and oxygen atoms in total. The van der Waals surface area contributed by atoms with E-state index < -0.39 is 6.17 Å². The number of allylic oxidation sites excluding steroid dienone is 2. The van der Waals surface area contributed by atoms with Crippen LogP contribution in [0.2, 0.25) is 0 Å². The molecule has 25 heavy (non-hydrogen) atoms. The Morgan fingerprint density at radius 3 is 2.72 bits per heavy atom. The Bertz CT molecular complexity index is 685. The number of aliphatic imine (C=N–C) groups is 1. The van der Waals surface area contributed by atoms with E-state index in [2.05, 4.69) is 29.2 Å². The van der Waals surface area contributed by atoms with Gasteiger partial charge < -0.3 is 5.43 Å². The summed E-state index contributed by atoms with van der Waals surface area (Å²) in [6, 6.07) is 1.87. The third kappa shape index (κ3) is 4.98. The maximum atomic E-state index is 13.8. The molecule has 2 rings (SSSR count). The van der Waals surface area contributed by atoms with Crippen molar-refractivity contribution in [2.75, 3.05) is 0 Å². The lowest BCUT2D eigenvalue weighted by atomic mass is 9.98. The topological polar surface area (TPSA) is 63.3 Å². The van der Waals surface area contributed by atoms with Gasteiger partial charge in [0.25, 0.3) is 0 Å². The Morgan fingerprint density at radius 2 is 2.20 bits per heavy atom. The molecule has 0 saturated heterocycles. The number of alkyl halides is 1. The Hall–Kier alpha value is -2.01. The molecule has 1 saturated carbocycles. The van der Waals surface area contributed by atoms with Gasteiger partial charge in [-0.25, -0.2) is 4.39 Å². The molecule has 0 radical (unpaired) electrons. The molecule has 3 N–H and O–H groups in total. The van der Waals surface area contributed by atoms with Gasteiger partial charge in [-0.05, 0) is 57.1 Å². The van der Waals surface area contributed by atoms with Crippen molar-refractivity contribution in [3.63, 3.8) is 0 Å². The highest BCUT2D eigenvalue weighted by Gasteiger charge is 2.24. The number of aromatic nitrogens is 1. The van der Waals surface area contributed by atoms with Crippen LogP contribution in [0.25, 0.3) is 11.3 Å². The minimum Gasteiger partial charge on any atom is -0.322 e. The number of halogens is 1. The van der Waals surface area contributed by atoms with E-state index in [1.165, 1.54) is 19.8 Å². The second-order valence-electron chi connectivity index (χ2n) is 6.50. The van der Waals surface area contributed by atoms with E-state index >= 15 is 0 Å². The molecule has 1 atom stereocenters. The van der Waals surface area contributed by atoms with E-state index in [9.17, 15) is 4.39 Å². The standard InChI is InChI=1S/C20H29FN4/c1-5-7-19(25-22)20-18(10-17(12-24-20)13(3)21)15(6-2)11-23-14(4)16-8-9-16/h7,10-13,16,25H,5-6,8-9,22H2,1-4H3/b15-11+,19-7-,23-14+. The van der Waals surface area contributed by atoms with Crippen LogP contribution in [0.3, 0.4) is 0 Å². The Balaban J connectivity index is 2.53. The van der Waals surface area contributed by atoms with Gasteiger partial charge in [0, 0.05) is 29.2 Å². The summed E-state index contributed by atoms with van der Waals surface area (Å²) in [4.78, 5) is 9.14. The lowest BCUT2D eigenvalue weighted by molar-refractivity contribution is 0.373. The molecule has 1 aliphatic rings. The highest BCUT2D eigenvalue weighted by Crippen LogP contribution is 2.32. The lowest BCUT2D eigenvalue weighted by Gasteiger charge is -2.15. The van der Waals surface area contributed by atoms with Gasteiger partial charge in [-0.1, -0.05) is 19.9 Å². The summed E-state index contributed by atoms with van der Waals surface area (Å²) in [5.41, 5.74) is 7.85. The number of nitrogens with zero attached hydrogens (tertiary/aromatic N) is 2. The highest BCUT2D eigenvalue weighted by molar-refractivity contribution is 5.88. The summed E-state index contributed by atoms with van der Waals surface area (Å²) >= 11 is 0. The predicted molar refractivity (Wildman–Crippen MR) is 103 cm³/mol.